The number of amides is 2. The molecule has 0 fully saturated rings. The molecule has 0 spiro atoms. The Bertz CT molecular complexity index is 494. The van der Waals surface area contributed by atoms with Crippen molar-refractivity contribution in [1.82, 2.24) is 15.6 Å². The Balaban J connectivity index is 2.55. The van der Waals surface area contributed by atoms with Gasteiger partial charge in [-0.2, -0.15) is 0 Å². The van der Waals surface area contributed by atoms with Crippen LogP contribution in [0.4, 0.5) is 4.79 Å². The molecule has 118 valence electrons. The van der Waals surface area contributed by atoms with Crippen LogP contribution in [0.15, 0.2) is 10.6 Å². The largest absolute Gasteiger partial charge is 0.481 e. The van der Waals surface area contributed by atoms with E-state index in [0.717, 1.165) is 0 Å². The number of aryl methyl sites for hydroxylation is 1. The molecule has 3 N–H and O–H groups in total. The van der Waals surface area contributed by atoms with E-state index in [-0.39, 0.29) is 12.6 Å². The van der Waals surface area contributed by atoms with Crippen LogP contribution in [-0.2, 0) is 4.79 Å². The first-order chi connectivity index (χ1) is 9.84. The molecule has 0 aliphatic rings. The lowest BCUT2D eigenvalue weighted by molar-refractivity contribution is -0.149. The number of carboxylic acid groups (broad SMARTS) is 1. The van der Waals surface area contributed by atoms with Gasteiger partial charge >= 0.3 is 12.0 Å². The van der Waals surface area contributed by atoms with Crippen LogP contribution in [0.3, 0.4) is 0 Å². The van der Waals surface area contributed by atoms with Gasteiger partial charge in [-0.1, -0.05) is 13.8 Å². The fourth-order valence-corrected chi connectivity index (χ4v) is 2.01. The Morgan fingerprint density at radius 2 is 2.05 bits per heavy atom. The number of carbonyl (C=O) groups excluding carboxylic acids is 1. The van der Waals surface area contributed by atoms with Crippen molar-refractivity contribution in [3.8, 4) is 0 Å². The Morgan fingerprint density at radius 1 is 1.43 bits per heavy atom. The van der Waals surface area contributed by atoms with Crippen LogP contribution < -0.4 is 10.6 Å². The van der Waals surface area contributed by atoms with Gasteiger partial charge in [0.05, 0.1) is 11.6 Å². The Morgan fingerprint density at radius 3 is 2.48 bits per heavy atom. The van der Waals surface area contributed by atoms with Crippen molar-refractivity contribution in [2.45, 2.75) is 46.6 Å². The molecule has 2 amide bonds. The molecule has 1 aromatic rings. The highest BCUT2D eigenvalue weighted by Crippen LogP contribution is 2.25. The van der Waals surface area contributed by atoms with Crippen LogP contribution in [-0.4, -0.2) is 28.6 Å². The minimum Gasteiger partial charge on any atom is -0.481 e. The molecule has 0 aromatic carbocycles. The fraction of sp³-hybridized carbons (Fsp3) is 0.643. The Labute approximate surface area is 124 Å². The van der Waals surface area contributed by atoms with Crippen LogP contribution >= 0.6 is 0 Å². The van der Waals surface area contributed by atoms with E-state index in [2.05, 4.69) is 15.6 Å². The van der Waals surface area contributed by atoms with Gasteiger partial charge in [0.15, 0.2) is 0 Å². The van der Waals surface area contributed by atoms with Crippen molar-refractivity contribution in [3.63, 3.8) is 0 Å². The lowest BCUT2D eigenvalue weighted by Gasteiger charge is -2.27. The summed E-state index contributed by atoms with van der Waals surface area (Å²) in [4.78, 5) is 27.2. The number of oxazole rings is 1. The first-order valence-electron chi connectivity index (χ1n) is 7.04. The molecule has 1 heterocycles. The predicted octanol–water partition coefficient (Wildman–Crippen LogP) is 2.23. The number of hydrogen-bond donors (Lipinski definition) is 3. The van der Waals surface area contributed by atoms with Gasteiger partial charge in [-0.3, -0.25) is 4.79 Å². The maximum Gasteiger partial charge on any atom is 0.315 e. The highest BCUT2D eigenvalue weighted by molar-refractivity contribution is 5.78. The number of aliphatic carboxylic acids is 1. The molecular formula is C14H23N3O4. The van der Waals surface area contributed by atoms with Crippen LogP contribution in [0.2, 0.25) is 0 Å². The summed E-state index contributed by atoms with van der Waals surface area (Å²) in [6, 6.07) is -0.827. The van der Waals surface area contributed by atoms with E-state index in [1.807, 2.05) is 0 Å². The van der Waals surface area contributed by atoms with Gasteiger partial charge < -0.3 is 20.2 Å². The Kier molecular flexibility index (Phi) is 5.75. The molecule has 0 bridgehead atoms. The topological polar surface area (TPSA) is 104 Å². The molecular weight excluding hydrogens is 274 g/mol. The smallest absolute Gasteiger partial charge is 0.315 e. The molecule has 1 aromatic heterocycles. The monoisotopic (exact) mass is 297 g/mol. The molecule has 0 aliphatic heterocycles. The third-order valence-electron chi connectivity index (χ3n) is 3.75. The number of nitrogens with zero attached hydrogens (tertiary/aromatic N) is 1. The molecule has 0 saturated carbocycles. The normalized spacial score (nSPS) is 12.8. The summed E-state index contributed by atoms with van der Waals surface area (Å²) in [5.74, 6) is 0.184. The molecule has 21 heavy (non-hydrogen) atoms. The number of carbonyl (C=O) groups is 2. The molecule has 7 heteroatoms. The highest BCUT2D eigenvalue weighted by atomic mass is 16.4. The van der Waals surface area contributed by atoms with Gasteiger partial charge in [0.1, 0.15) is 11.8 Å². The average molecular weight is 297 g/mol. The maximum absolute atomic E-state index is 11.9. The lowest BCUT2D eigenvalue weighted by atomic mass is 9.82. The van der Waals surface area contributed by atoms with Crippen LogP contribution in [0, 0.1) is 12.3 Å². The molecule has 0 saturated heterocycles. The standard InChI is InChI=1S/C14H23N3O4/c1-5-14(6-2,12(18)19)8-16-13(20)17-10(4)11-15-7-9(3)21-11/h7,10H,5-6,8H2,1-4H3,(H,18,19)(H2,16,17,20). The number of rotatable bonds is 7. The van der Waals surface area contributed by atoms with Crippen LogP contribution in [0.5, 0.6) is 0 Å². The Hall–Kier alpha value is -2.05. The second kappa shape index (κ2) is 7.10. The summed E-state index contributed by atoms with van der Waals surface area (Å²) in [6.45, 7) is 7.20. The molecule has 0 radical (unpaired) electrons. The predicted molar refractivity (Wildman–Crippen MR) is 76.8 cm³/mol. The summed E-state index contributed by atoms with van der Waals surface area (Å²) in [5.41, 5.74) is -0.930. The summed E-state index contributed by atoms with van der Waals surface area (Å²) in [5, 5.41) is 14.6. The van der Waals surface area contributed by atoms with Crippen molar-refractivity contribution >= 4 is 12.0 Å². The molecule has 7 nitrogen and oxygen atoms in total. The third-order valence-corrected chi connectivity index (χ3v) is 3.75. The molecule has 1 rings (SSSR count). The fourth-order valence-electron chi connectivity index (χ4n) is 2.01. The van der Waals surface area contributed by atoms with Crippen molar-refractivity contribution in [2.24, 2.45) is 5.41 Å². The summed E-state index contributed by atoms with van der Waals surface area (Å²) in [6.07, 6.45) is 2.48. The van der Waals surface area contributed by atoms with Crippen molar-refractivity contribution < 1.29 is 19.1 Å². The van der Waals surface area contributed by atoms with E-state index >= 15 is 0 Å². The van der Waals surface area contributed by atoms with Gasteiger partial charge in [-0.25, -0.2) is 9.78 Å². The number of carboxylic acids is 1. The number of nitrogens with one attached hydrogen (secondary N) is 2. The first kappa shape index (κ1) is 17.0. The summed E-state index contributed by atoms with van der Waals surface area (Å²) in [7, 11) is 0. The summed E-state index contributed by atoms with van der Waals surface area (Å²) >= 11 is 0. The second-order valence-electron chi connectivity index (χ2n) is 5.15. The number of urea groups is 1. The van der Waals surface area contributed by atoms with Crippen LogP contribution in [0.25, 0.3) is 0 Å². The SMILES string of the molecule is CCC(CC)(CNC(=O)NC(C)c1ncc(C)o1)C(=O)O. The van der Waals surface area contributed by atoms with Gasteiger partial charge in [0.25, 0.3) is 0 Å². The van der Waals surface area contributed by atoms with Gasteiger partial charge in [-0.05, 0) is 26.7 Å². The highest BCUT2D eigenvalue weighted by Gasteiger charge is 2.35. The summed E-state index contributed by atoms with van der Waals surface area (Å²) < 4.78 is 5.32. The minimum atomic E-state index is -0.930. The van der Waals surface area contributed by atoms with E-state index in [4.69, 9.17) is 4.42 Å². The molecule has 1 unspecified atom stereocenters. The van der Waals surface area contributed by atoms with Crippen molar-refractivity contribution in [2.75, 3.05) is 6.54 Å². The van der Waals surface area contributed by atoms with E-state index < -0.39 is 17.4 Å². The van der Waals surface area contributed by atoms with E-state index in [1.54, 1.807) is 33.9 Å². The second-order valence-corrected chi connectivity index (χ2v) is 5.15. The van der Waals surface area contributed by atoms with Gasteiger partial charge in [0, 0.05) is 6.54 Å². The lowest BCUT2D eigenvalue weighted by Crippen LogP contribution is -2.46. The third kappa shape index (κ3) is 4.21. The van der Waals surface area contributed by atoms with Gasteiger partial charge in [0.2, 0.25) is 5.89 Å². The zero-order valence-corrected chi connectivity index (χ0v) is 12.9. The van der Waals surface area contributed by atoms with Gasteiger partial charge in [-0.15, -0.1) is 0 Å². The van der Waals surface area contributed by atoms with E-state index in [1.165, 1.54) is 0 Å². The number of hydrogen-bond acceptors (Lipinski definition) is 4. The molecule has 0 aliphatic carbocycles. The van der Waals surface area contributed by atoms with Crippen molar-refractivity contribution in [1.29, 1.82) is 0 Å². The van der Waals surface area contributed by atoms with Crippen molar-refractivity contribution in [3.05, 3.63) is 17.8 Å². The van der Waals surface area contributed by atoms with E-state index in [9.17, 15) is 14.7 Å². The number of aromatic nitrogens is 1. The zero-order valence-electron chi connectivity index (χ0n) is 12.9. The average Bonchev–Trinajstić information content (AvgIpc) is 2.87. The first-order valence-corrected chi connectivity index (χ1v) is 7.04. The van der Waals surface area contributed by atoms with Crippen LogP contribution in [0.1, 0.15) is 51.3 Å². The van der Waals surface area contributed by atoms with E-state index in [0.29, 0.717) is 24.5 Å². The maximum atomic E-state index is 11.9. The zero-order chi connectivity index (χ0) is 16.0. The molecule has 1 atom stereocenters. The quantitative estimate of drug-likeness (QED) is 0.716. The minimum absolute atomic E-state index is 0.0818.